The van der Waals surface area contributed by atoms with Crippen molar-refractivity contribution in [3.05, 3.63) is 12.7 Å². The van der Waals surface area contributed by atoms with Gasteiger partial charge in [-0.2, -0.15) is 0 Å². The summed E-state index contributed by atoms with van der Waals surface area (Å²) in [6.45, 7) is 15.5. The third-order valence-corrected chi connectivity index (χ3v) is 13.4. The zero-order chi connectivity index (χ0) is 13.9. The molecule has 1 fully saturated rings. The Morgan fingerprint density at radius 1 is 0.941 bits per heavy atom. The molecular formula is C9H22O5Si3. The fourth-order valence-electron chi connectivity index (χ4n) is 1.84. The van der Waals surface area contributed by atoms with Crippen molar-refractivity contribution in [2.75, 3.05) is 0 Å². The van der Waals surface area contributed by atoms with Gasteiger partial charge in [-0.05, 0) is 39.3 Å². The van der Waals surface area contributed by atoms with E-state index in [-0.39, 0.29) is 0 Å². The van der Waals surface area contributed by atoms with Crippen LogP contribution in [0.3, 0.4) is 0 Å². The predicted molar refractivity (Wildman–Crippen MR) is 73.5 cm³/mol. The number of rotatable bonds is 1. The molecule has 1 aliphatic rings. The van der Waals surface area contributed by atoms with Gasteiger partial charge in [0.1, 0.15) is 0 Å². The molecule has 0 aliphatic carbocycles. The van der Waals surface area contributed by atoms with Gasteiger partial charge in [0.05, 0.1) is 0 Å². The van der Waals surface area contributed by atoms with E-state index in [0.29, 0.717) is 0 Å². The molecule has 1 rings (SSSR count). The quantitative estimate of drug-likeness (QED) is 0.594. The van der Waals surface area contributed by atoms with E-state index >= 15 is 0 Å². The highest BCUT2D eigenvalue weighted by molar-refractivity contribution is 6.92. The van der Waals surface area contributed by atoms with Crippen LogP contribution >= 0.6 is 0 Å². The second kappa shape index (κ2) is 5.59. The van der Waals surface area contributed by atoms with Crippen LogP contribution in [0.1, 0.15) is 0 Å². The van der Waals surface area contributed by atoms with E-state index in [2.05, 4.69) is 45.9 Å². The summed E-state index contributed by atoms with van der Waals surface area (Å²) in [6.07, 6.45) is 0.833. The fourth-order valence-corrected chi connectivity index (χ4v) is 17.7. The van der Waals surface area contributed by atoms with E-state index in [1.54, 1.807) is 0 Å². The Hall–Kier alpha value is -0.259. The van der Waals surface area contributed by atoms with Crippen LogP contribution in [0.4, 0.5) is 0 Å². The Labute approximate surface area is 106 Å². The van der Waals surface area contributed by atoms with Crippen LogP contribution in [0, 0.1) is 0 Å². The molecule has 8 heteroatoms. The first-order valence-corrected chi connectivity index (χ1v) is 13.8. The zero-order valence-electron chi connectivity index (χ0n) is 11.4. The van der Waals surface area contributed by atoms with Crippen LogP contribution in [-0.4, -0.2) is 36.8 Å². The van der Waals surface area contributed by atoms with Gasteiger partial charge < -0.3 is 17.5 Å². The summed E-state index contributed by atoms with van der Waals surface area (Å²) in [4.78, 5) is 9.25. The lowest BCUT2D eigenvalue weighted by molar-refractivity contribution is -0.131. The Morgan fingerprint density at radius 2 is 1.12 bits per heavy atom. The van der Waals surface area contributed by atoms with Gasteiger partial charge in [-0.15, -0.1) is 0 Å². The first kappa shape index (κ1) is 16.7. The molecule has 1 N–H and O–H groups in total. The van der Waals surface area contributed by atoms with Crippen molar-refractivity contribution in [2.24, 2.45) is 0 Å². The van der Waals surface area contributed by atoms with Gasteiger partial charge >= 0.3 is 31.7 Å². The molecule has 0 unspecified atom stereocenters. The summed E-state index contributed by atoms with van der Waals surface area (Å²) in [5.41, 5.74) is 0. The lowest BCUT2D eigenvalue weighted by Gasteiger charge is -2.46. The standard InChI is InChI=1S/C6H18O3Si3.C3H4O2/c1-10(2)7-11(3,4)9-12(5,6)8-10;1-2-3(4)5/h1-6H3;2H,1H2,(H,4,5). The van der Waals surface area contributed by atoms with Crippen molar-refractivity contribution in [1.82, 2.24) is 0 Å². The molecule has 0 amide bonds. The number of hydrogen-bond donors (Lipinski definition) is 1. The van der Waals surface area contributed by atoms with Gasteiger partial charge in [-0.3, -0.25) is 0 Å². The maximum atomic E-state index is 9.25. The summed E-state index contributed by atoms with van der Waals surface area (Å²) >= 11 is 0. The maximum absolute atomic E-state index is 9.25. The minimum atomic E-state index is -1.86. The summed E-state index contributed by atoms with van der Waals surface area (Å²) in [5, 5.41) is 7.60. The molecule has 1 heterocycles. The third kappa shape index (κ3) is 7.63. The number of carboxylic acids is 1. The summed E-state index contributed by atoms with van der Waals surface area (Å²) < 4.78 is 17.6. The first-order valence-electron chi connectivity index (χ1n) is 5.35. The van der Waals surface area contributed by atoms with Gasteiger partial charge in [-0.1, -0.05) is 6.58 Å². The summed E-state index contributed by atoms with van der Waals surface area (Å²) in [5.74, 6) is -0.981. The average Bonchev–Trinajstić information content (AvgIpc) is 1.95. The normalized spacial score (nSPS) is 24.1. The highest BCUT2D eigenvalue weighted by atomic mass is 28.5. The lowest BCUT2D eigenvalue weighted by atomic mass is 10.7. The Bertz CT molecular complexity index is 256. The third-order valence-electron chi connectivity index (χ3n) is 1.65. The van der Waals surface area contributed by atoms with Gasteiger partial charge in [0, 0.05) is 6.08 Å². The molecule has 0 saturated carbocycles. The molecule has 0 atom stereocenters. The molecular weight excluding hydrogens is 272 g/mol. The molecule has 5 nitrogen and oxygen atoms in total. The fraction of sp³-hybridized carbons (Fsp3) is 0.667. The first-order chi connectivity index (χ1) is 7.39. The van der Waals surface area contributed by atoms with Crippen LogP contribution in [-0.2, 0) is 17.1 Å². The minimum absolute atomic E-state index is 0.833. The topological polar surface area (TPSA) is 65.0 Å². The average molecular weight is 295 g/mol. The second-order valence-corrected chi connectivity index (χ2v) is 15.9. The van der Waals surface area contributed by atoms with Crippen LogP contribution < -0.4 is 0 Å². The van der Waals surface area contributed by atoms with Crippen molar-refractivity contribution in [3.63, 3.8) is 0 Å². The van der Waals surface area contributed by atoms with Gasteiger partial charge in [0.2, 0.25) is 0 Å². The van der Waals surface area contributed by atoms with Gasteiger partial charge in [0.25, 0.3) is 0 Å². The van der Waals surface area contributed by atoms with E-state index in [1.165, 1.54) is 0 Å². The van der Waals surface area contributed by atoms with Gasteiger partial charge in [-0.25, -0.2) is 4.79 Å². The molecule has 0 aromatic carbocycles. The predicted octanol–water partition coefficient (Wildman–Crippen LogP) is 2.41. The highest BCUT2D eigenvalue weighted by Gasteiger charge is 2.49. The highest BCUT2D eigenvalue weighted by Crippen LogP contribution is 2.29. The Kier molecular flexibility index (Phi) is 5.50. The van der Waals surface area contributed by atoms with Crippen molar-refractivity contribution < 1.29 is 22.2 Å². The number of hydrogen-bond acceptors (Lipinski definition) is 4. The monoisotopic (exact) mass is 294 g/mol. The van der Waals surface area contributed by atoms with Crippen LogP contribution in [0.25, 0.3) is 0 Å². The van der Waals surface area contributed by atoms with Crippen LogP contribution in [0.5, 0.6) is 0 Å². The minimum Gasteiger partial charge on any atom is -0.478 e. The van der Waals surface area contributed by atoms with E-state index in [1.807, 2.05) is 0 Å². The number of carboxylic acid groups (broad SMARTS) is 1. The van der Waals surface area contributed by atoms with Crippen LogP contribution in [0.2, 0.25) is 39.3 Å². The van der Waals surface area contributed by atoms with Crippen molar-refractivity contribution in [2.45, 2.75) is 39.3 Å². The van der Waals surface area contributed by atoms with E-state index in [0.717, 1.165) is 6.08 Å². The molecule has 0 aromatic rings. The summed E-state index contributed by atoms with van der Waals surface area (Å²) in [6, 6.07) is 0. The molecule has 0 radical (unpaired) electrons. The molecule has 100 valence electrons. The molecule has 1 saturated heterocycles. The van der Waals surface area contributed by atoms with Crippen molar-refractivity contribution in [1.29, 1.82) is 0 Å². The van der Waals surface area contributed by atoms with Crippen LogP contribution in [0.15, 0.2) is 12.7 Å². The summed E-state index contributed by atoms with van der Waals surface area (Å²) in [7, 11) is -5.59. The van der Waals surface area contributed by atoms with Crippen molar-refractivity contribution >= 4 is 31.7 Å². The maximum Gasteiger partial charge on any atom is 0.327 e. The SMILES string of the molecule is C=CC(=O)O.C[Si]1(C)O[Si](C)(C)O[Si](C)(C)O1. The molecule has 1 aliphatic heterocycles. The molecule has 17 heavy (non-hydrogen) atoms. The van der Waals surface area contributed by atoms with E-state index < -0.39 is 31.7 Å². The molecule has 0 spiro atoms. The zero-order valence-corrected chi connectivity index (χ0v) is 14.4. The second-order valence-electron chi connectivity index (χ2n) is 5.05. The Morgan fingerprint density at radius 3 is 1.24 bits per heavy atom. The van der Waals surface area contributed by atoms with Gasteiger partial charge in [0.15, 0.2) is 0 Å². The van der Waals surface area contributed by atoms with E-state index in [9.17, 15) is 4.79 Å². The van der Waals surface area contributed by atoms with Crippen molar-refractivity contribution in [3.8, 4) is 0 Å². The number of carbonyl (C=O) groups is 1. The van der Waals surface area contributed by atoms with E-state index in [4.69, 9.17) is 17.5 Å². The molecule has 0 bridgehead atoms. The Balaban J connectivity index is 0.000000437. The molecule has 0 aromatic heterocycles. The number of aliphatic carboxylic acids is 1. The smallest absolute Gasteiger partial charge is 0.327 e. The lowest BCUT2D eigenvalue weighted by Crippen LogP contribution is -2.64. The largest absolute Gasteiger partial charge is 0.478 e.